The van der Waals surface area contributed by atoms with Crippen molar-refractivity contribution in [1.29, 1.82) is 0 Å². The van der Waals surface area contributed by atoms with Crippen LogP contribution in [0.4, 0.5) is 11.4 Å². The predicted molar refractivity (Wildman–Crippen MR) is 92.7 cm³/mol. The molecule has 0 unspecified atom stereocenters. The van der Waals surface area contributed by atoms with E-state index in [2.05, 4.69) is 48.1 Å². The quantitative estimate of drug-likeness (QED) is 0.612. The Morgan fingerprint density at radius 3 is 2.43 bits per heavy atom. The van der Waals surface area contributed by atoms with E-state index >= 15 is 0 Å². The highest BCUT2D eigenvalue weighted by Gasteiger charge is 2.08. The van der Waals surface area contributed by atoms with Gasteiger partial charge in [0.1, 0.15) is 0 Å². The molecule has 108 valence electrons. The number of pyridine rings is 1. The third-order valence-electron chi connectivity index (χ3n) is 3.46. The molecular weight excluding hydrogens is 280 g/mol. The second-order valence-electron chi connectivity index (χ2n) is 4.89. The van der Waals surface area contributed by atoms with Crippen LogP contribution in [0.2, 0.25) is 5.02 Å². The maximum Gasteiger partial charge on any atom is 0.0737 e. The molecule has 0 spiro atoms. The van der Waals surface area contributed by atoms with Gasteiger partial charge >= 0.3 is 0 Å². The average Bonchev–Trinajstić information content (AvgIpc) is 2.46. The Morgan fingerprint density at radius 2 is 1.71 bits per heavy atom. The zero-order valence-electron chi connectivity index (χ0n) is 11.5. The molecule has 0 aliphatic heterocycles. The molecule has 3 heteroatoms. The molecule has 0 amide bonds. The molecule has 0 fully saturated rings. The summed E-state index contributed by atoms with van der Waals surface area (Å²) in [7, 11) is 2.06. The summed E-state index contributed by atoms with van der Waals surface area (Å²) < 4.78 is 0. The zero-order chi connectivity index (χ0) is 14.1. The van der Waals surface area contributed by atoms with Crippen LogP contribution in [0.5, 0.6) is 0 Å². The molecule has 0 radical (unpaired) electrons. The number of fused-ring (bicyclic) bond motifs is 1. The number of aryl methyl sites for hydroxylation is 1. The fraction of sp³-hybridized carbons (Fsp3) is 0.167. The van der Waals surface area contributed by atoms with E-state index in [4.69, 9.17) is 11.6 Å². The lowest BCUT2D eigenvalue weighted by atomic mass is 10.1. The van der Waals surface area contributed by atoms with E-state index in [0.717, 1.165) is 22.3 Å². The first-order valence-corrected chi connectivity index (χ1v) is 6.87. The van der Waals surface area contributed by atoms with Crippen LogP contribution in [0, 0.1) is 6.92 Å². The summed E-state index contributed by atoms with van der Waals surface area (Å²) in [6.07, 6.45) is 1.82. The smallest absolute Gasteiger partial charge is 0.0737 e. The molecule has 0 atom stereocenters. The Hall–Kier alpha value is -2.06. The van der Waals surface area contributed by atoms with Gasteiger partial charge in [-0.15, -0.1) is 0 Å². The van der Waals surface area contributed by atoms with Crippen LogP contribution in [-0.2, 0) is 0 Å². The van der Waals surface area contributed by atoms with Gasteiger partial charge < -0.3 is 4.90 Å². The fourth-order valence-electron chi connectivity index (χ4n) is 2.31. The van der Waals surface area contributed by atoms with Gasteiger partial charge in [0.05, 0.1) is 11.2 Å². The molecule has 0 bridgehead atoms. The third-order valence-corrected chi connectivity index (χ3v) is 3.70. The summed E-state index contributed by atoms with van der Waals surface area (Å²) >= 11 is 6.03. The molecule has 2 nitrogen and oxygen atoms in total. The molecule has 0 aliphatic rings. The number of halogens is 1. The van der Waals surface area contributed by atoms with E-state index in [1.165, 1.54) is 5.56 Å². The topological polar surface area (TPSA) is 16.1 Å². The Balaban J connectivity index is 0.00000161. The Labute approximate surface area is 131 Å². The summed E-state index contributed by atoms with van der Waals surface area (Å²) in [4.78, 5) is 6.55. The highest BCUT2D eigenvalue weighted by atomic mass is 35.5. The molecule has 2 aromatic carbocycles. The number of nitrogens with zero attached hydrogens (tertiary/aromatic N) is 2. The van der Waals surface area contributed by atoms with Gasteiger partial charge in [0, 0.05) is 29.3 Å². The number of aromatic nitrogens is 1. The van der Waals surface area contributed by atoms with Crippen LogP contribution in [0.15, 0.2) is 54.7 Å². The van der Waals surface area contributed by atoms with Crippen molar-refractivity contribution in [3.8, 4) is 0 Å². The van der Waals surface area contributed by atoms with Gasteiger partial charge in [-0.25, -0.2) is 0 Å². The van der Waals surface area contributed by atoms with Gasteiger partial charge in [-0.3, -0.25) is 4.98 Å². The van der Waals surface area contributed by atoms with Crippen molar-refractivity contribution < 1.29 is 0 Å². The molecule has 21 heavy (non-hydrogen) atoms. The minimum atomic E-state index is 0. The van der Waals surface area contributed by atoms with Crippen molar-refractivity contribution >= 4 is 33.9 Å². The Kier molecular flexibility index (Phi) is 4.49. The summed E-state index contributed by atoms with van der Waals surface area (Å²) in [5.74, 6) is 0. The van der Waals surface area contributed by atoms with Gasteiger partial charge in [0.2, 0.25) is 0 Å². The highest BCUT2D eigenvalue weighted by molar-refractivity contribution is 6.31. The number of benzene rings is 2. The molecule has 0 saturated carbocycles. The minimum absolute atomic E-state index is 0. The van der Waals surface area contributed by atoms with Gasteiger partial charge in [-0.1, -0.05) is 36.7 Å². The molecule has 0 aliphatic carbocycles. The van der Waals surface area contributed by atoms with Crippen molar-refractivity contribution in [2.45, 2.75) is 14.4 Å². The molecular formula is C18H19ClN2. The van der Waals surface area contributed by atoms with Crippen molar-refractivity contribution in [2.24, 2.45) is 0 Å². The van der Waals surface area contributed by atoms with Gasteiger partial charge in [0.15, 0.2) is 0 Å². The van der Waals surface area contributed by atoms with Crippen LogP contribution < -0.4 is 4.90 Å². The Bertz CT molecular complexity index is 751. The number of rotatable bonds is 2. The van der Waals surface area contributed by atoms with Crippen LogP contribution in [0.25, 0.3) is 10.9 Å². The minimum Gasteiger partial charge on any atom is -0.344 e. The lowest BCUT2D eigenvalue weighted by Crippen LogP contribution is -2.10. The highest BCUT2D eigenvalue weighted by Crippen LogP contribution is 2.31. The van der Waals surface area contributed by atoms with E-state index in [1.54, 1.807) is 0 Å². The second-order valence-corrected chi connectivity index (χ2v) is 5.32. The summed E-state index contributed by atoms with van der Waals surface area (Å²) in [6.45, 7) is 2.09. The van der Waals surface area contributed by atoms with Crippen molar-refractivity contribution in [3.05, 3.63) is 65.3 Å². The lowest BCUT2D eigenvalue weighted by molar-refractivity contribution is 1.21. The van der Waals surface area contributed by atoms with E-state index < -0.39 is 0 Å². The van der Waals surface area contributed by atoms with Gasteiger partial charge in [-0.2, -0.15) is 0 Å². The lowest BCUT2D eigenvalue weighted by Gasteiger charge is -2.21. The van der Waals surface area contributed by atoms with E-state index in [-0.39, 0.29) is 7.43 Å². The summed E-state index contributed by atoms with van der Waals surface area (Å²) in [6, 6.07) is 16.3. The van der Waals surface area contributed by atoms with E-state index in [0.29, 0.717) is 5.02 Å². The SMILES string of the molecule is C.Cc1ccc(N(C)c2ccnc3cc(Cl)ccc23)cc1. The van der Waals surface area contributed by atoms with Crippen molar-refractivity contribution in [3.63, 3.8) is 0 Å². The Morgan fingerprint density at radius 1 is 1.00 bits per heavy atom. The van der Waals surface area contributed by atoms with Crippen LogP contribution in [0.3, 0.4) is 0 Å². The van der Waals surface area contributed by atoms with Crippen LogP contribution in [-0.4, -0.2) is 12.0 Å². The molecule has 0 N–H and O–H groups in total. The first-order valence-electron chi connectivity index (χ1n) is 6.50. The predicted octanol–water partition coefficient (Wildman–Crippen LogP) is 5.60. The van der Waals surface area contributed by atoms with Crippen molar-refractivity contribution in [1.82, 2.24) is 4.98 Å². The van der Waals surface area contributed by atoms with Crippen molar-refractivity contribution in [2.75, 3.05) is 11.9 Å². The van der Waals surface area contributed by atoms with Crippen LogP contribution >= 0.6 is 11.6 Å². The zero-order valence-corrected chi connectivity index (χ0v) is 12.2. The first-order chi connectivity index (χ1) is 9.65. The van der Waals surface area contributed by atoms with Gasteiger partial charge in [-0.05, 0) is 43.3 Å². The third kappa shape index (κ3) is 3.01. The van der Waals surface area contributed by atoms with Crippen LogP contribution in [0.1, 0.15) is 13.0 Å². The largest absolute Gasteiger partial charge is 0.344 e. The molecule has 0 saturated heterocycles. The van der Waals surface area contributed by atoms with Gasteiger partial charge in [0.25, 0.3) is 0 Å². The maximum atomic E-state index is 6.03. The monoisotopic (exact) mass is 298 g/mol. The summed E-state index contributed by atoms with van der Waals surface area (Å²) in [5, 5.41) is 1.81. The molecule has 3 aromatic rings. The fourth-order valence-corrected chi connectivity index (χ4v) is 2.47. The number of hydrogen-bond acceptors (Lipinski definition) is 2. The maximum absolute atomic E-state index is 6.03. The van der Waals surface area contributed by atoms with E-state index in [1.807, 2.05) is 30.5 Å². The normalized spacial score (nSPS) is 10.2. The number of anilines is 2. The standard InChI is InChI=1S/C17H15ClN2.CH4/c1-12-3-6-14(7-4-12)20(2)17-9-10-19-16-11-13(18)5-8-15(16)17;/h3-11H,1-2H3;1H4. The van der Waals surface area contributed by atoms with E-state index in [9.17, 15) is 0 Å². The average molecular weight is 299 g/mol. The molecule has 3 rings (SSSR count). The molecule has 1 aromatic heterocycles. The molecule has 1 heterocycles. The number of hydrogen-bond donors (Lipinski definition) is 0. The second kappa shape index (κ2) is 6.15. The summed E-state index contributed by atoms with van der Waals surface area (Å²) in [5.41, 5.74) is 4.44. The first kappa shape index (κ1) is 15.3.